The molecule has 13 heavy (non-hydrogen) atoms. The standard InChI is InChI=1S/C9H14N2O2/c1-4-5-11-8(12)6-7(2)10-9(11)13-3/h6H,4-5H2,1-3H3. The highest BCUT2D eigenvalue weighted by molar-refractivity contribution is 5.06. The second kappa shape index (κ2) is 4.07. The van der Waals surface area contributed by atoms with Gasteiger partial charge < -0.3 is 4.74 Å². The minimum atomic E-state index is -0.0498. The molecule has 72 valence electrons. The summed E-state index contributed by atoms with van der Waals surface area (Å²) in [7, 11) is 1.52. The summed E-state index contributed by atoms with van der Waals surface area (Å²) in [6, 6.07) is 1.91. The van der Waals surface area contributed by atoms with Crippen molar-refractivity contribution in [3.05, 3.63) is 22.1 Å². The average molecular weight is 182 g/mol. The number of nitrogens with zero attached hydrogens (tertiary/aromatic N) is 2. The third kappa shape index (κ3) is 2.08. The van der Waals surface area contributed by atoms with Crippen molar-refractivity contribution in [1.82, 2.24) is 9.55 Å². The molecular formula is C9H14N2O2. The molecule has 1 rings (SSSR count). The fraction of sp³-hybridized carbons (Fsp3) is 0.556. The second-order valence-corrected chi connectivity index (χ2v) is 2.87. The molecule has 0 fully saturated rings. The van der Waals surface area contributed by atoms with Gasteiger partial charge in [-0.25, -0.2) is 4.98 Å². The Labute approximate surface area is 77.2 Å². The Morgan fingerprint density at radius 3 is 2.85 bits per heavy atom. The predicted octanol–water partition coefficient (Wildman–Crippen LogP) is 0.970. The molecular weight excluding hydrogens is 168 g/mol. The summed E-state index contributed by atoms with van der Waals surface area (Å²) in [5.74, 6) is 0. The third-order valence-corrected chi connectivity index (χ3v) is 1.73. The number of ether oxygens (including phenoxy) is 1. The molecule has 0 aliphatic heterocycles. The van der Waals surface area contributed by atoms with Gasteiger partial charge in [-0.05, 0) is 13.3 Å². The van der Waals surface area contributed by atoms with Crippen LogP contribution in [-0.4, -0.2) is 16.7 Å². The molecule has 0 aromatic carbocycles. The Balaban J connectivity index is 3.22. The summed E-state index contributed by atoms with van der Waals surface area (Å²) < 4.78 is 6.55. The molecule has 1 heterocycles. The topological polar surface area (TPSA) is 44.1 Å². The molecule has 0 saturated carbocycles. The van der Waals surface area contributed by atoms with Crippen molar-refractivity contribution in [2.24, 2.45) is 0 Å². The van der Waals surface area contributed by atoms with Gasteiger partial charge in [0.2, 0.25) is 0 Å². The molecule has 1 aromatic rings. The Bertz CT molecular complexity index is 344. The molecule has 0 atom stereocenters. The van der Waals surface area contributed by atoms with E-state index in [1.165, 1.54) is 17.7 Å². The zero-order chi connectivity index (χ0) is 9.84. The number of rotatable bonds is 3. The first-order valence-corrected chi connectivity index (χ1v) is 4.31. The molecule has 1 aromatic heterocycles. The molecule has 0 bridgehead atoms. The highest BCUT2D eigenvalue weighted by Crippen LogP contribution is 2.04. The maximum atomic E-state index is 11.5. The van der Waals surface area contributed by atoms with Gasteiger partial charge in [0.05, 0.1) is 7.11 Å². The molecule has 0 spiro atoms. The summed E-state index contributed by atoms with van der Waals surface area (Å²) in [6.45, 7) is 4.43. The Morgan fingerprint density at radius 2 is 2.31 bits per heavy atom. The smallest absolute Gasteiger partial charge is 0.299 e. The lowest BCUT2D eigenvalue weighted by atomic mass is 10.4. The normalized spacial score (nSPS) is 10.1. The lowest BCUT2D eigenvalue weighted by molar-refractivity contribution is 0.343. The molecule has 0 aliphatic carbocycles. The van der Waals surface area contributed by atoms with E-state index >= 15 is 0 Å². The van der Waals surface area contributed by atoms with Crippen LogP contribution in [0.15, 0.2) is 10.9 Å². The monoisotopic (exact) mass is 182 g/mol. The zero-order valence-corrected chi connectivity index (χ0v) is 8.20. The quantitative estimate of drug-likeness (QED) is 0.699. The van der Waals surface area contributed by atoms with Gasteiger partial charge in [-0.2, -0.15) is 0 Å². The van der Waals surface area contributed by atoms with Crippen LogP contribution >= 0.6 is 0 Å². The average Bonchev–Trinajstić information content (AvgIpc) is 2.09. The molecule has 0 aliphatic rings. The first kappa shape index (κ1) is 9.77. The second-order valence-electron chi connectivity index (χ2n) is 2.87. The number of methoxy groups -OCH3 is 1. The van der Waals surface area contributed by atoms with Crippen molar-refractivity contribution in [3.8, 4) is 6.01 Å². The van der Waals surface area contributed by atoms with Crippen LogP contribution in [0.1, 0.15) is 19.0 Å². The van der Waals surface area contributed by atoms with Crippen molar-refractivity contribution in [2.45, 2.75) is 26.8 Å². The van der Waals surface area contributed by atoms with Crippen molar-refractivity contribution >= 4 is 0 Å². The van der Waals surface area contributed by atoms with E-state index in [0.29, 0.717) is 18.2 Å². The van der Waals surface area contributed by atoms with Crippen molar-refractivity contribution in [2.75, 3.05) is 7.11 Å². The lowest BCUT2D eigenvalue weighted by Crippen LogP contribution is -2.22. The molecule has 4 nitrogen and oxygen atoms in total. The van der Waals surface area contributed by atoms with E-state index in [0.717, 1.165) is 6.42 Å². The minimum absolute atomic E-state index is 0.0498. The van der Waals surface area contributed by atoms with E-state index in [9.17, 15) is 4.79 Å². The largest absolute Gasteiger partial charge is 0.468 e. The Hall–Kier alpha value is -1.32. The molecule has 0 N–H and O–H groups in total. The van der Waals surface area contributed by atoms with E-state index in [2.05, 4.69) is 4.98 Å². The van der Waals surface area contributed by atoms with Crippen LogP contribution < -0.4 is 10.3 Å². The fourth-order valence-corrected chi connectivity index (χ4v) is 1.18. The molecule has 4 heteroatoms. The van der Waals surface area contributed by atoms with E-state index in [1.54, 1.807) is 6.92 Å². The van der Waals surface area contributed by atoms with E-state index in [4.69, 9.17) is 4.74 Å². The minimum Gasteiger partial charge on any atom is -0.468 e. The number of hydrogen-bond donors (Lipinski definition) is 0. The Morgan fingerprint density at radius 1 is 1.62 bits per heavy atom. The first-order chi connectivity index (χ1) is 6.19. The van der Waals surface area contributed by atoms with Crippen molar-refractivity contribution < 1.29 is 4.74 Å². The van der Waals surface area contributed by atoms with Gasteiger partial charge in [0.15, 0.2) is 0 Å². The number of aryl methyl sites for hydroxylation is 1. The van der Waals surface area contributed by atoms with Gasteiger partial charge in [-0.1, -0.05) is 6.92 Å². The van der Waals surface area contributed by atoms with Gasteiger partial charge in [0.1, 0.15) is 0 Å². The maximum Gasteiger partial charge on any atom is 0.299 e. The lowest BCUT2D eigenvalue weighted by Gasteiger charge is -2.08. The summed E-state index contributed by atoms with van der Waals surface area (Å²) >= 11 is 0. The summed E-state index contributed by atoms with van der Waals surface area (Å²) in [5.41, 5.74) is 0.639. The summed E-state index contributed by atoms with van der Waals surface area (Å²) in [4.78, 5) is 15.6. The highest BCUT2D eigenvalue weighted by Gasteiger charge is 2.05. The van der Waals surface area contributed by atoms with Crippen LogP contribution in [0.25, 0.3) is 0 Å². The number of hydrogen-bond acceptors (Lipinski definition) is 3. The van der Waals surface area contributed by atoms with Crippen LogP contribution in [-0.2, 0) is 6.54 Å². The van der Waals surface area contributed by atoms with Gasteiger partial charge in [0, 0.05) is 18.3 Å². The fourth-order valence-electron chi connectivity index (χ4n) is 1.18. The summed E-state index contributed by atoms with van der Waals surface area (Å²) in [5, 5.41) is 0. The van der Waals surface area contributed by atoms with Gasteiger partial charge in [0.25, 0.3) is 11.6 Å². The van der Waals surface area contributed by atoms with Gasteiger partial charge in [-0.3, -0.25) is 9.36 Å². The van der Waals surface area contributed by atoms with Crippen LogP contribution in [0, 0.1) is 6.92 Å². The van der Waals surface area contributed by atoms with Crippen molar-refractivity contribution in [1.29, 1.82) is 0 Å². The van der Waals surface area contributed by atoms with Crippen LogP contribution in [0.2, 0.25) is 0 Å². The maximum absolute atomic E-state index is 11.5. The SMILES string of the molecule is CCCn1c(OC)nc(C)cc1=O. The van der Waals surface area contributed by atoms with Crippen molar-refractivity contribution in [3.63, 3.8) is 0 Å². The molecule has 0 amide bonds. The van der Waals surface area contributed by atoms with Gasteiger partial charge in [-0.15, -0.1) is 0 Å². The third-order valence-electron chi connectivity index (χ3n) is 1.73. The van der Waals surface area contributed by atoms with E-state index < -0.39 is 0 Å². The van der Waals surface area contributed by atoms with Crippen LogP contribution in [0.3, 0.4) is 0 Å². The highest BCUT2D eigenvalue weighted by atomic mass is 16.5. The molecule has 0 unspecified atom stereocenters. The molecule has 0 saturated heterocycles. The zero-order valence-electron chi connectivity index (χ0n) is 8.20. The van der Waals surface area contributed by atoms with Crippen LogP contribution in [0.4, 0.5) is 0 Å². The van der Waals surface area contributed by atoms with E-state index in [1.807, 2.05) is 6.92 Å². The van der Waals surface area contributed by atoms with Gasteiger partial charge >= 0.3 is 0 Å². The first-order valence-electron chi connectivity index (χ1n) is 4.31. The Kier molecular flexibility index (Phi) is 3.06. The van der Waals surface area contributed by atoms with E-state index in [-0.39, 0.29) is 5.56 Å². The molecule has 0 radical (unpaired) electrons. The number of aromatic nitrogens is 2. The van der Waals surface area contributed by atoms with Crippen LogP contribution in [0.5, 0.6) is 6.01 Å². The predicted molar refractivity (Wildman–Crippen MR) is 50.1 cm³/mol. The summed E-state index contributed by atoms with van der Waals surface area (Å²) in [6.07, 6.45) is 0.890.